The molecule has 38 heavy (non-hydrogen) atoms. The van der Waals surface area contributed by atoms with Crippen LogP contribution in [0.5, 0.6) is 5.75 Å². The number of carbonyl (C=O) groups excluding carboxylic acids is 1. The topological polar surface area (TPSA) is 44.8 Å². The summed E-state index contributed by atoms with van der Waals surface area (Å²) in [6.45, 7) is 6.19. The third kappa shape index (κ3) is 4.37. The Morgan fingerprint density at radius 3 is 2.11 bits per heavy atom. The predicted molar refractivity (Wildman–Crippen MR) is 153 cm³/mol. The summed E-state index contributed by atoms with van der Waals surface area (Å²) < 4.78 is 6.40. The van der Waals surface area contributed by atoms with Crippen molar-refractivity contribution in [3.05, 3.63) is 95.1 Å². The Balaban J connectivity index is 1.48. The normalized spacial score (nSPS) is 25.1. The number of hydrogen-bond acceptors (Lipinski definition) is 4. The Bertz CT molecular complexity index is 1270. The Labute approximate surface area is 226 Å². The summed E-state index contributed by atoms with van der Waals surface area (Å²) in [6.07, 6.45) is 4.11. The first kappa shape index (κ1) is 25.0. The Hall–Kier alpha value is -3.31. The number of anilines is 1. The smallest absolute Gasteiger partial charge is 0.256 e. The third-order valence-electron chi connectivity index (χ3n) is 8.76. The van der Waals surface area contributed by atoms with E-state index < -0.39 is 5.66 Å². The van der Waals surface area contributed by atoms with E-state index in [2.05, 4.69) is 95.7 Å². The number of piperidine rings is 3. The lowest BCUT2D eigenvalue weighted by Crippen LogP contribution is -2.69. The second-order valence-corrected chi connectivity index (χ2v) is 12.2. The van der Waals surface area contributed by atoms with Gasteiger partial charge in [0, 0.05) is 50.8 Å². The highest BCUT2D eigenvalue weighted by molar-refractivity contribution is 5.99. The molecule has 7 rings (SSSR count). The van der Waals surface area contributed by atoms with E-state index in [0.29, 0.717) is 11.5 Å². The van der Waals surface area contributed by atoms with E-state index in [1.54, 1.807) is 0 Å². The van der Waals surface area contributed by atoms with E-state index in [4.69, 9.17) is 4.74 Å². The number of nitrogens with zero attached hydrogens (tertiary/aromatic N) is 2. The van der Waals surface area contributed by atoms with Gasteiger partial charge in [0.1, 0.15) is 17.0 Å². The fraction of sp³-hybridized carbons (Fsp3) is 0.424. The van der Waals surface area contributed by atoms with E-state index in [9.17, 15) is 4.79 Å². The maximum Gasteiger partial charge on any atom is 0.256 e. The van der Waals surface area contributed by atoms with Gasteiger partial charge in [0.15, 0.2) is 0 Å². The number of amides is 1. The molecule has 5 heteroatoms. The molecule has 0 saturated carbocycles. The van der Waals surface area contributed by atoms with Gasteiger partial charge in [0.25, 0.3) is 5.91 Å². The van der Waals surface area contributed by atoms with Crippen LogP contribution in [-0.4, -0.2) is 49.3 Å². The molecule has 3 aromatic rings. The van der Waals surface area contributed by atoms with Gasteiger partial charge in [-0.3, -0.25) is 9.69 Å². The minimum absolute atomic E-state index is 0.0133. The van der Waals surface area contributed by atoms with E-state index in [0.717, 1.165) is 42.9 Å². The van der Waals surface area contributed by atoms with Gasteiger partial charge in [0.2, 0.25) is 0 Å². The third-order valence-corrected chi connectivity index (χ3v) is 8.76. The van der Waals surface area contributed by atoms with Crippen LogP contribution in [0, 0.1) is 5.92 Å². The van der Waals surface area contributed by atoms with Crippen LogP contribution in [0.15, 0.2) is 72.8 Å². The predicted octanol–water partition coefficient (Wildman–Crippen LogP) is 5.84. The van der Waals surface area contributed by atoms with Gasteiger partial charge < -0.3 is 15.0 Å². The number of fused-ring (bicyclic) bond motifs is 4. The summed E-state index contributed by atoms with van der Waals surface area (Å²) in [5.41, 5.74) is 4.39. The van der Waals surface area contributed by atoms with Gasteiger partial charge in [-0.15, -0.1) is 0 Å². The average Bonchev–Trinajstić information content (AvgIpc) is 3.23. The van der Waals surface area contributed by atoms with Gasteiger partial charge in [0.05, 0.1) is 5.56 Å². The molecule has 1 amide bonds. The van der Waals surface area contributed by atoms with Crippen LogP contribution in [-0.2, 0) is 6.42 Å². The standard InChI is InChI=1S/C33H39N3O2/c1-32(2)22-26-19-27(35(3)4)20-28(30(26)38-32)31(37)34-33(21-23-15-17-36(33)18-16-23)29(24-11-7-5-8-12-24)25-13-9-6-10-14-25/h5-14,19-20,23,29H,15-18,21-22H2,1-4H3,(H,34,37). The van der Waals surface area contributed by atoms with Crippen LogP contribution in [0.3, 0.4) is 0 Å². The largest absolute Gasteiger partial charge is 0.486 e. The minimum Gasteiger partial charge on any atom is -0.486 e. The zero-order valence-electron chi connectivity index (χ0n) is 23.0. The molecule has 198 valence electrons. The molecule has 0 spiro atoms. The molecular formula is C33H39N3O2. The number of carbonyl (C=O) groups is 1. The molecule has 4 aliphatic heterocycles. The quantitative estimate of drug-likeness (QED) is 0.453. The SMILES string of the molecule is CN(C)c1cc2c(c(C(=O)NC3(C(c4ccccc4)c4ccccc4)CC4CCN3CC4)c1)OC(C)(C)C2. The zero-order chi connectivity index (χ0) is 26.5. The minimum atomic E-state index is -0.518. The van der Waals surface area contributed by atoms with E-state index in [1.807, 2.05) is 20.2 Å². The molecular weight excluding hydrogens is 470 g/mol. The fourth-order valence-electron chi connectivity index (χ4n) is 7.03. The lowest BCUT2D eigenvalue weighted by Gasteiger charge is -2.58. The molecule has 0 radical (unpaired) electrons. The highest BCUT2D eigenvalue weighted by Gasteiger charge is 2.53. The summed E-state index contributed by atoms with van der Waals surface area (Å²) in [4.78, 5) is 19.1. The molecule has 3 aromatic carbocycles. The van der Waals surface area contributed by atoms with Crippen LogP contribution in [0.1, 0.15) is 66.1 Å². The molecule has 1 N–H and O–H groups in total. The van der Waals surface area contributed by atoms with E-state index >= 15 is 0 Å². The second-order valence-electron chi connectivity index (χ2n) is 12.2. The highest BCUT2D eigenvalue weighted by atomic mass is 16.5. The fourth-order valence-corrected chi connectivity index (χ4v) is 7.03. The monoisotopic (exact) mass is 509 g/mol. The molecule has 0 aromatic heterocycles. The second kappa shape index (κ2) is 9.46. The van der Waals surface area contributed by atoms with Gasteiger partial charge >= 0.3 is 0 Å². The van der Waals surface area contributed by atoms with E-state index in [1.165, 1.54) is 24.0 Å². The lowest BCUT2D eigenvalue weighted by atomic mass is 9.69. The van der Waals surface area contributed by atoms with Crippen LogP contribution in [0.25, 0.3) is 0 Å². The summed E-state index contributed by atoms with van der Waals surface area (Å²) in [5.74, 6) is 1.30. The first-order valence-corrected chi connectivity index (χ1v) is 14.0. The molecule has 3 fully saturated rings. The van der Waals surface area contributed by atoms with Crippen molar-refractivity contribution in [3.63, 3.8) is 0 Å². The average molecular weight is 510 g/mol. The summed E-state index contributed by atoms with van der Waals surface area (Å²) in [5, 5.41) is 3.69. The van der Waals surface area contributed by atoms with Gasteiger partial charge in [-0.25, -0.2) is 0 Å². The van der Waals surface area contributed by atoms with Crippen molar-refractivity contribution in [3.8, 4) is 5.75 Å². The van der Waals surface area contributed by atoms with E-state index in [-0.39, 0.29) is 17.4 Å². The number of ether oxygens (including phenoxy) is 1. The van der Waals surface area contributed by atoms with Gasteiger partial charge in [-0.05, 0) is 62.3 Å². The maximum atomic E-state index is 14.5. The number of rotatable bonds is 6. The summed E-state index contributed by atoms with van der Waals surface area (Å²) in [7, 11) is 4.05. The Morgan fingerprint density at radius 1 is 0.974 bits per heavy atom. The molecule has 5 nitrogen and oxygen atoms in total. The summed E-state index contributed by atoms with van der Waals surface area (Å²) >= 11 is 0. The molecule has 0 aliphatic carbocycles. The molecule has 4 aliphatic rings. The Morgan fingerprint density at radius 2 is 1.58 bits per heavy atom. The van der Waals surface area contributed by atoms with Crippen molar-refractivity contribution in [2.75, 3.05) is 32.1 Å². The highest BCUT2D eigenvalue weighted by Crippen LogP contribution is 2.49. The maximum absolute atomic E-state index is 14.5. The first-order valence-electron chi connectivity index (χ1n) is 14.0. The molecule has 1 atom stereocenters. The first-order chi connectivity index (χ1) is 18.3. The van der Waals surface area contributed by atoms with Gasteiger partial charge in [-0.1, -0.05) is 60.7 Å². The van der Waals surface area contributed by atoms with Crippen LogP contribution in [0.4, 0.5) is 5.69 Å². The Kier molecular flexibility index (Phi) is 6.22. The number of hydrogen-bond donors (Lipinski definition) is 1. The molecule has 4 heterocycles. The molecule has 3 saturated heterocycles. The van der Waals surface area contributed by atoms with Crippen molar-refractivity contribution < 1.29 is 9.53 Å². The summed E-state index contributed by atoms with van der Waals surface area (Å²) in [6, 6.07) is 25.6. The number of benzene rings is 3. The van der Waals surface area contributed by atoms with Crippen molar-refractivity contribution in [2.24, 2.45) is 5.92 Å². The van der Waals surface area contributed by atoms with Gasteiger partial charge in [-0.2, -0.15) is 0 Å². The molecule has 1 unspecified atom stereocenters. The van der Waals surface area contributed by atoms with Crippen LogP contribution < -0.4 is 15.0 Å². The van der Waals surface area contributed by atoms with Crippen LogP contribution in [0.2, 0.25) is 0 Å². The zero-order valence-corrected chi connectivity index (χ0v) is 23.0. The van der Waals surface area contributed by atoms with Crippen molar-refractivity contribution in [1.82, 2.24) is 10.2 Å². The van der Waals surface area contributed by atoms with Crippen molar-refractivity contribution in [2.45, 2.75) is 56.7 Å². The lowest BCUT2D eigenvalue weighted by molar-refractivity contribution is -0.0562. The van der Waals surface area contributed by atoms with Crippen molar-refractivity contribution >= 4 is 11.6 Å². The number of nitrogens with one attached hydrogen (secondary N) is 1. The molecule has 2 bridgehead atoms. The van der Waals surface area contributed by atoms with Crippen LogP contribution >= 0.6 is 0 Å². The van der Waals surface area contributed by atoms with Crippen molar-refractivity contribution in [1.29, 1.82) is 0 Å².